The monoisotopic (exact) mass is 540 g/mol. The van der Waals surface area contributed by atoms with Crippen LogP contribution in [0, 0.1) is 17.1 Å². The average molecular weight is 541 g/mol. The maximum Gasteiger partial charge on any atom is 0.337 e. The van der Waals surface area contributed by atoms with Crippen LogP contribution in [0.25, 0.3) is 22.3 Å². The molecule has 0 amide bonds. The van der Waals surface area contributed by atoms with Crippen LogP contribution < -0.4 is 4.74 Å². The number of rotatable bonds is 10. The standard InChI is InChI=1S/C29H25FN6O4/c1-38-11-10-36-26-13-20(29(37)39-2)8-9-25(26)33-27(36)17-35-16-22(15-32-35)24-4-3-5-28(34-24)40-18-21-7-6-19(14-31)12-23(21)30/h3-9,12-13,15-16H,10-11,17-18H2,1-2H3. The molecular weight excluding hydrogens is 515 g/mol. The number of fused-ring (bicyclic) bond motifs is 1. The van der Waals surface area contributed by atoms with Gasteiger partial charge in [0.2, 0.25) is 5.88 Å². The van der Waals surface area contributed by atoms with Gasteiger partial charge in [0.05, 0.1) is 60.4 Å². The fourth-order valence-electron chi connectivity index (χ4n) is 4.24. The molecule has 0 aliphatic rings. The Morgan fingerprint density at radius 1 is 1.10 bits per heavy atom. The van der Waals surface area contributed by atoms with Crippen molar-refractivity contribution in [3.63, 3.8) is 0 Å². The van der Waals surface area contributed by atoms with Gasteiger partial charge < -0.3 is 18.8 Å². The second-order valence-electron chi connectivity index (χ2n) is 8.86. The smallest absolute Gasteiger partial charge is 0.337 e. The maximum absolute atomic E-state index is 14.2. The molecule has 3 aromatic heterocycles. The molecule has 0 aliphatic heterocycles. The van der Waals surface area contributed by atoms with E-state index in [1.807, 2.05) is 22.9 Å². The number of aromatic nitrogens is 5. The van der Waals surface area contributed by atoms with E-state index in [1.165, 1.54) is 19.2 Å². The number of imidazole rings is 1. The van der Waals surface area contributed by atoms with Crippen LogP contribution in [0.3, 0.4) is 0 Å². The number of carbonyl (C=O) groups is 1. The van der Waals surface area contributed by atoms with E-state index < -0.39 is 11.8 Å². The van der Waals surface area contributed by atoms with Crippen molar-refractivity contribution in [3.05, 3.63) is 95.3 Å². The Labute approximate surface area is 229 Å². The summed E-state index contributed by atoms with van der Waals surface area (Å²) in [7, 11) is 2.98. The van der Waals surface area contributed by atoms with Crippen LogP contribution in [0.15, 0.2) is 67.0 Å². The van der Waals surface area contributed by atoms with E-state index in [9.17, 15) is 9.18 Å². The van der Waals surface area contributed by atoms with Gasteiger partial charge >= 0.3 is 5.97 Å². The number of hydrogen-bond acceptors (Lipinski definition) is 8. The van der Waals surface area contributed by atoms with E-state index in [0.717, 1.165) is 22.4 Å². The van der Waals surface area contributed by atoms with E-state index in [2.05, 4.69) is 10.1 Å². The molecule has 0 radical (unpaired) electrons. The zero-order valence-corrected chi connectivity index (χ0v) is 21.9. The first kappa shape index (κ1) is 26.5. The van der Waals surface area contributed by atoms with Crippen molar-refractivity contribution in [1.82, 2.24) is 24.3 Å². The summed E-state index contributed by atoms with van der Waals surface area (Å²) >= 11 is 0. The minimum Gasteiger partial charge on any atom is -0.473 e. The first-order valence-electron chi connectivity index (χ1n) is 12.4. The van der Waals surface area contributed by atoms with Gasteiger partial charge in [-0.2, -0.15) is 10.4 Å². The van der Waals surface area contributed by atoms with Crippen molar-refractivity contribution >= 4 is 17.0 Å². The highest BCUT2D eigenvalue weighted by molar-refractivity contribution is 5.93. The van der Waals surface area contributed by atoms with Gasteiger partial charge in [-0.1, -0.05) is 12.1 Å². The second-order valence-corrected chi connectivity index (χ2v) is 8.86. The molecule has 0 N–H and O–H groups in total. The second kappa shape index (κ2) is 11.8. The first-order chi connectivity index (χ1) is 19.5. The largest absolute Gasteiger partial charge is 0.473 e. The topological polar surface area (TPSA) is 117 Å². The molecule has 3 heterocycles. The van der Waals surface area contributed by atoms with Gasteiger partial charge in [0, 0.05) is 37.0 Å². The van der Waals surface area contributed by atoms with Crippen molar-refractivity contribution in [1.29, 1.82) is 5.26 Å². The van der Waals surface area contributed by atoms with Crippen molar-refractivity contribution in [2.75, 3.05) is 20.8 Å². The SMILES string of the molecule is COCCn1c(Cn2cc(-c3cccc(OCc4ccc(C#N)cc4F)n3)cn2)nc2ccc(C(=O)OC)cc21. The summed E-state index contributed by atoms with van der Waals surface area (Å²) in [6, 6.07) is 16.7. The highest BCUT2D eigenvalue weighted by atomic mass is 19.1. The number of methoxy groups -OCH3 is 2. The molecule has 0 fully saturated rings. The maximum atomic E-state index is 14.2. The molecule has 5 aromatic rings. The minimum atomic E-state index is -0.505. The van der Waals surface area contributed by atoms with Crippen LogP contribution in [-0.2, 0) is 29.2 Å². The number of carbonyl (C=O) groups excluding carboxylic acids is 1. The van der Waals surface area contributed by atoms with Crippen LogP contribution in [0.4, 0.5) is 4.39 Å². The Hall–Kier alpha value is -5.08. The summed E-state index contributed by atoms with van der Waals surface area (Å²) in [6.07, 6.45) is 3.55. The highest BCUT2D eigenvalue weighted by Gasteiger charge is 2.16. The van der Waals surface area contributed by atoms with Gasteiger partial charge in [0.25, 0.3) is 0 Å². The predicted octanol–water partition coefficient (Wildman–Crippen LogP) is 4.37. The third-order valence-corrected chi connectivity index (χ3v) is 6.28. The van der Waals surface area contributed by atoms with Gasteiger partial charge in [-0.25, -0.2) is 19.2 Å². The summed E-state index contributed by atoms with van der Waals surface area (Å²) in [4.78, 5) is 21.4. The molecule has 0 atom stereocenters. The Morgan fingerprint density at radius 3 is 2.75 bits per heavy atom. The Kier molecular flexibility index (Phi) is 7.80. The molecule has 40 heavy (non-hydrogen) atoms. The summed E-state index contributed by atoms with van der Waals surface area (Å²) in [5.74, 6) is 0.157. The summed E-state index contributed by atoms with van der Waals surface area (Å²) in [5, 5.41) is 13.4. The van der Waals surface area contributed by atoms with E-state index >= 15 is 0 Å². The number of ether oxygens (including phenoxy) is 3. The molecule has 5 rings (SSSR count). The zero-order chi connectivity index (χ0) is 28.1. The van der Waals surface area contributed by atoms with Crippen LogP contribution in [-0.4, -0.2) is 51.1 Å². The number of hydrogen-bond donors (Lipinski definition) is 0. The molecule has 0 unspecified atom stereocenters. The lowest BCUT2D eigenvalue weighted by Crippen LogP contribution is -2.12. The molecule has 11 heteroatoms. The highest BCUT2D eigenvalue weighted by Crippen LogP contribution is 2.23. The number of benzene rings is 2. The molecular formula is C29H25FN6O4. The van der Waals surface area contributed by atoms with Crippen molar-refractivity contribution in [3.8, 4) is 23.2 Å². The van der Waals surface area contributed by atoms with E-state index in [0.29, 0.717) is 42.4 Å². The van der Waals surface area contributed by atoms with Crippen LogP contribution in [0.2, 0.25) is 0 Å². The minimum absolute atomic E-state index is 0.0252. The third-order valence-electron chi connectivity index (χ3n) is 6.28. The Balaban J connectivity index is 1.35. The van der Waals surface area contributed by atoms with Crippen molar-refractivity contribution in [2.24, 2.45) is 0 Å². The Morgan fingerprint density at radius 2 is 1.98 bits per heavy atom. The first-order valence-corrected chi connectivity index (χ1v) is 12.4. The number of nitrogens with zero attached hydrogens (tertiary/aromatic N) is 6. The lowest BCUT2D eigenvalue weighted by Gasteiger charge is -2.09. The lowest BCUT2D eigenvalue weighted by molar-refractivity contribution is 0.0601. The molecule has 10 nitrogen and oxygen atoms in total. The summed E-state index contributed by atoms with van der Waals surface area (Å²) < 4.78 is 33.8. The molecule has 0 spiro atoms. The van der Waals surface area contributed by atoms with Gasteiger partial charge in [0.15, 0.2) is 0 Å². The number of nitriles is 1. The normalized spacial score (nSPS) is 10.9. The number of esters is 1. The van der Waals surface area contributed by atoms with Gasteiger partial charge in [-0.3, -0.25) is 4.68 Å². The number of pyridine rings is 1. The van der Waals surface area contributed by atoms with Crippen molar-refractivity contribution in [2.45, 2.75) is 19.7 Å². The molecule has 202 valence electrons. The predicted molar refractivity (Wildman–Crippen MR) is 143 cm³/mol. The van der Waals surface area contributed by atoms with Crippen LogP contribution >= 0.6 is 0 Å². The molecule has 2 aromatic carbocycles. The quantitative estimate of drug-likeness (QED) is 0.240. The fourth-order valence-corrected chi connectivity index (χ4v) is 4.24. The third kappa shape index (κ3) is 5.67. The molecule has 0 saturated carbocycles. The van der Waals surface area contributed by atoms with Gasteiger partial charge in [-0.05, 0) is 36.4 Å². The summed E-state index contributed by atoms with van der Waals surface area (Å²) in [6.45, 7) is 1.36. The molecule has 0 aliphatic carbocycles. The fraction of sp³-hybridized carbons (Fsp3) is 0.207. The van der Waals surface area contributed by atoms with Crippen molar-refractivity contribution < 1.29 is 23.4 Å². The summed E-state index contributed by atoms with van der Waals surface area (Å²) in [5.41, 5.74) is 3.97. The zero-order valence-electron chi connectivity index (χ0n) is 21.9. The Bertz CT molecular complexity index is 1720. The number of halogens is 1. The average Bonchev–Trinajstić information content (AvgIpc) is 3.59. The van der Waals surface area contributed by atoms with Crippen LogP contribution in [0.1, 0.15) is 27.3 Å². The lowest BCUT2D eigenvalue weighted by atomic mass is 10.1. The van der Waals surface area contributed by atoms with Gasteiger partial charge in [-0.15, -0.1) is 0 Å². The molecule has 0 bridgehead atoms. The van der Waals surface area contributed by atoms with Crippen LogP contribution in [0.5, 0.6) is 5.88 Å². The van der Waals surface area contributed by atoms with E-state index in [4.69, 9.17) is 24.5 Å². The molecule has 0 saturated heterocycles. The van der Waals surface area contributed by atoms with E-state index in [-0.39, 0.29) is 12.2 Å². The van der Waals surface area contributed by atoms with Gasteiger partial charge in [0.1, 0.15) is 18.2 Å². The van der Waals surface area contributed by atoms with E-state index in [1.54, 1.807) is 54.4 Å².